The Morgan fingerprint density at radius 3 is 2.82 bits per heavy atom. The molecule has 1 heterocycles. The van der Waals surface area contributed by atoms with Gasteiger partial charge in [0.1, 0.15) is 0 Å². The van der Waals surface area contributed by atoms with Crippen LogP contribution < -0.4 is 0 Å². The van der Waals surface area contributed by atoms with Gasteiger partial charge < -0.3 is 4.57 Å². The van der Waals surface area contributed by atoms with Gasteiger partial charge in [0.2, 0.25) is 0 Å². The van der Waals surface area contributed by atoms with Crippen molar-refractivity contribution in [2.75, 3.05) is 0 Å². The molecule has 0 amide bonds. The molecule has 1 rings (SSSR count). The molecule has 0 aliphatic rings. The van der Waals surface area contributed by atoms with E-state index in [0.717, 1.165) is 11.4 Å². The van der Waals surface area contributed by atoms with Crippen molar-refractivity contribution in [1.82, 2.24) is 9.55 Å². The van der Waals surface area contributed by atoms with Crippen molar-refractivity contribution in [3.05, 3.63) is 18.7 Å². The maximum atomic E-state index is 5.17. The van der Waals surface area contributed by atoms with Crippen LogP contribution in [0.15, 0.2) is 18.7 Å². The molecule has 0 aliphatic carbocycles. The summed E-state index contributed by atoms with van der Waals surface area (Å²) in [5, 5.41) is 0. The highest BCUT2D eigenvalue weighted by atomic mass is 32.1. The number of imidazole rings is 1. The van der Waals surface area contributed by atoms with E-state index in [1.807, 2.05) is 10.8 Å². The Bertz CT molecular complexity index is 226. The summed E-state index contributed by atoms with van der Waals surface area (Å²) in [5.41, 5.74) is 0. The minimum Gasteiger partial charge on any atom is -0.300 e. The summed E-state index contributed by atoms with van der Waals surface area (Å²) in [7, 11) is 0. The van der Waals surface area contributed by atoms with Crippen LogP contribution in [0, 0.1) is 5.92 Å². The largest absolute Gasteiger partial charge is 0.300 e. The van der Waals surface area contributed by atoms with Gasteiger partial charge in [-0.3, -0.25) is 0 Å². The molecule has 11 heavy (non-hydrogen) atoms. The van der Waals surface area contributed by atoms with Crippen LogP contribution in [0.25, 0.3) is 0 Å². The van der Waals surface area contributed by atoms with Crippen molar-refractivity contribution in [3.63, 3.8) is 0 Å². The Kier molecular flexibility index (Phi) is 2.76. The molecule has 0 aromatic carbocycles. The highest BCUT2D eigenvalue weighted by Crippen LogP contribution is 2.03. The van der Waals surface area contributed by atoms with Gasteiger partial charge in [0, 0.05) is 18.8 Å². The smallest absolute Gasteiger partial charge is 0.0995 e. The highest BCUT2D eigenvalue weighted by molar-refractivity contribution is 7.80. The Balaban J connectivity index is 2.57. The summed E-state index contributed by atoms with van der Waals surface area (Å²) in [6.07, 6.45) is 6.31. The van der Waals surface area contributed by atoms with Crippen LogP contribution in [0.5, 0.6) is 0 Å². The molecule has 0 fully saturated rings. The third-order valence-corrected chi connectivity index (χ3v) is 1.75. The van der Waals surface area contributed by atoms with Crippen LogP contribution in [0.4, 0.5) is 0 Å². The van der Waals surface area contributed by atoms with Crippen LogP contribution in [0.3, 0.4) is 0 Å². The first-order chi connectivity index (χ1) is 5.20. The fraction of sp³-hybridized carbons (Fsp3) is 0.500. The lowest BCUT2D eigenvalue weighted by molar-refractivity contribution is 0.679. The first-order valence-electron chi connectivity index (χ1n) is 3.71. The van der Waals surface area contributed by atoms with Crippen molar-refractivity contribution < 1.29 is 0 Å². The third-order valence-electron chi connectivity index (χ3n) is 1.38. The lowest BCUT2D eigenvalue weighted by atomic mass is 10.1. The van der Waals surface area contributed by atoms with Gasteiger partial charge in [-0.15, -0.1) is 0 Å². The second kappa shape index (κ2) is 3.62. The van der Waals surface area contributed by atoms with E-state index in [4.69, 9.17) is 12.2 Å². The highest BCUT2D eigenvalue weighted by Gasteiger charge is 2.01. The fourth-order valence-corrected chi connectivity index (χ4v) is 1.30. The van der Waals surface area contributed by atoms with E-state index in [-0.39, 0.29) is 0 Å². The van der Waals surface area contributed by atoms with Gasteiger partial charge >= 0.3 is 0 Å². The fourth-order valence-electron chi connectivity index (χ4n) is 0.861. The normalized spacial score (nSPS) is 10.5. The van der Waals surface area contributed by atoms with Gasteiger partial charge in [-0.25, -0.2) is 4.98 Å². The van der Waals surface area contributed by atoms with E-state index in [1.54, 1.807) is 12.5 Å². The first kappa shape index (κ1) is 8.40. The molecule has 0 radical (unpaired) electrons. The van der Waals surface area contributed by atoms with Crippen LogP contribution in [-0.4, -0.2) is 14.5 Å². The molecular weight excluding hydrogens is 156 g/mol. The van der Waals surface area contributed by atoms with E-state index in [9.17, 15) is 0 Å². The number of aromatic nitrogens is 2. The Hall–Kier alpha value is -0.700. The third kappa shape index (κ3) is 2.42. The molecule has 1 aromatic rings. The summed E-state index contributed by atoms with van der Waals surface area (Å²) >= 11 is 5.17. The lowest BCUT2D eigenvalue weighted by Crippen LogP contribution is -2.09. The monoisotopic (exact) mass is 168 g/mol. The minimum atomic E-state index is 0.616. The van der Waals surface area contributed by atoms with Crippen molar-refractivity contribution >= 4 is 17.2 Å². The van der Waals surface area contributed by atoms with E-state index in [2.05, 4.69) is 18.8 Å². The van der Waals surface area contributed by atoms with E-state index >= 15 is 0 Å². The average Bonchev–Trinajstić information content (AvgIpc) is 2.35. The molecule has 0 N–H and O–H groups in total. The van der Waals surface area contributed by atoms with Crippen molar-refractivity contribution in [2.24, 2.45) is 5.92 Å². The van der Waals surface area contributed by atoms with E-state index in [1.165, 1.54) is 0 Å². The summed E-state index contributed by atoms with van der Waals surface area (Å²) in [6.45, 7) is 4.31. The van der Waals surface area contributed by atoms with Crippen LogP contribution in [-0.2, 0) is 0 Å². The molecule has 60 valence electrons. The predicted molar refractivity (Wildman–Crippen MR) is 49.7 cm³/mol. The lowest BCUT2D eigenvalue weighted by Gasteiger charge is -2.05. The topological polar surface area (TPSA) is 17.8 Å². The summed E-state index contributed by atoms with van der Waals surface area (Å²) in [6, 6.07) is 0. The van der Waals surface area contributed by atoms with Crippen LogP contribution >= 0.6 is 12.2 Å². The minimum absolute atomic E-state index is 0.616. The Morgan fingerprint density at radius 2 is 2.36 bits per heavy atom. The zero-order valence-corrected chi connectivity index (χ0v) is 7.64. The predicted octanol–water partition coefficient (Wildman–Crippen LogP) is 2.10. The summed E-state index contributed by atoms with van der Waals surface area (Å²) < 4.78 is 1.88. The van der Waals surface area contributed by atoms with Gasteiger partial charge in [0.05, 0.1) is 11.3 Å². The molecular formula is C8H12N2S. The average molecular weight is 168 g/mol. The van der Waals surface area contributed by atoms with E-state index in [0.29, 0.717) is 5.92 Å². The van der Waals surface area contributed by atoms with Gasteiger partial charge in [0.15, 0.2) is 0 Å². The van der Waals surface area contributed by atoms with Crippen molar-refractivity contribution in [3.8, 4) is 0 Å². The molecule has 0 spiro atoms. The van der Waals surface area contributed by atoms with Crippen LogP contribution in [0.2, 0.25) is 0 Å². The SMILES string of the molecule is CC(C)CC(=S)n1ccnc1. The second-order valence-corrected chi connectivity index (χ2v) is 3.43. The molecule has 0 unspecified atom stereocenters. The maximum Gasteiger partial charge on any atom is 0.0995 e. The van der Waals surface area contributed by atoms with Gasteiger partial charge in [-0.05, 0) is 5.92 Å². The molecule has 0 atom stereocenters. The van der Waals surface area contributed by atoms with Gasteiger partial charge in [-0.2, -0.15) is 0 Å². The first-order valence-corrected chi connectivity index (χ1v) is 4.12. The molecule has 2 nitrogen and oxygen atoms in total. The van der Waals surface area contributed by atoms with Gasteiger partial charge in [-0.1, -0.05) is 26.1 Å². The summed E-state index contributed by atoms with van der Waals surface area (Å²) in [4.78, 5) is 4.87. The Morgan fingerprint density at radius 1 is 1.64 bits per heavy atom. The molecule has 0 bridgehead atoms. The number of nitrogens with zero attached hydrogens (tertiary/aromatic N) is 2. The standard InChI is InChI=1S/C8H12N2S/c1-7(2)5-8(11)10-4-3-9-6-10/h3-4,6-7H,5H2,1-2H3. The zero-order valence-electron chi connectivity index (χ0n) is 6.82. The van der Waals surface area contributed by atoms with Crippen molar-refractivity contribution in [2.45, 2.75) is 20.3 Å². The number of hydrogen-bond acceptors (Lipinski definition) is 2. The Labute approximate surface area is 72.3 Å². The number of rotatable bonds is 2. The zero-order chi connectivity index (χ0) is 8.27. The second-order valence-electron chi connectivity index (χ2n) is 2.96. The summed E-state index contributed by atoms with van der Waals surface area (Å²) in [5.74, 6) is 0.616. The number of thiocarbonyl (C=S) groups is 1. The molecule has 3 heteroatoms. The quantitative estimate of drug-likeness (QED) is 0.629. The maximum absolute atomic E-state index is 5.17. The van der Waals surface area contributed by atoms with Gasteiger partial charge in [0.25, 0.3) is 0 Å². The van der Waals surface area contributed by atoms with E-state index < -0.39 is 0 Å². The molecule has 0 aliphatic heterocycles. The van der Waals surface area contributed by atoms with Crippen molar-refractivity contribution in [1.29, 1.82) is 0 Å². The molecule has 0 saturated carbocycles. The molecule has 1 aromatic heterocycles. The molecule has 0 saturated heterocycles. The van der Waals surface area contributed by atoms with Crippen LogP contribution in [0.1, 0.15) is 20.3 Å². The number of hydrogen-bond donors (Lipinski definition) is 0.